The number of nitrogens with two attached hydrogens (primary N) is 1. The Morgan fingerprint density at radius 3 is 2.95 bits per heavy atom. The van der Waals surface area contributed by atoms with Gasteiger partial charge < -0.3 is 10.5 Å². The Balaban J connectivity index is 1.93. The van der Waals surface area contributed by atoms with Gasteiger partial charge >= 0.3 is 0 Å². The van der Waals surface area contributed by atoms with Gasteiger partial charge in [-0.1, -0.05) is 12.1 Å². The lowest BCUT2D eigenvalue weighted by molar-refractivity contribution is -0.113. The molecule has 1 amide bonds. The molecule has 112 valence electrons. The third-order valence-corrected chi connectivity index (χ3v) is 3.81. The zero-order chi connectivity index (χ0) is 15.7. The van der Waals surface area contributed by atoms with Crippen LogP contribution in [0, 0.1) is 5.41 Å². The van der Waals surface area contributed by atoms with E-state index in [9.17, 15) is 4.79 Å². The van der Waals surface area contributed by atoms with Crippen LogP contribution in [0.25, 0.3) is 6.08 Å². The predicted octanol–water partition coefficient (Wildman–Crippen LogP) is 1.72. The highest BCUT2D eigenvalue weighted by Gasteiger charge is 2.37. The van der Waals surface area contributed by atoms with E-state index in [2.05, 4.69) is 14.9 Å². The number of anilines is 2. The number of aromatic nitrogens is 2. The van der Waals surface area contributed by atoms with Crippen LogP contribution in [-0.2, 0) is 4.79 Å². The van der Waals surface area contributed by atoms with E-state index in [4.69, 9.17) is 15.9 Å². The largest absolute Gasteiger partial charge is 0.497 e. The van der Waals surface area contributed by atoms with Gasteiger partial charge in [-0.15, -0.1) is 0 Å². The number of amides is 1. The van der Waals surface area contributed by atoms with Crippen LogP contribution >= 0.6 is 11.8 Å². The zero-order valence-corrected chi connectivity index (χ0v) is 12.3. The van der Waals surface area contributed by atoms with Crippen molar-refractivity contribution in [1.82, 2.24) is 10.3 Å². The fourth-order valence-corrected chi connectivity index (χ4v) is 2.75. The van der Waals surface area contributed by atoms with Crippen molar-refractivity contribution in [2.24, 2.45) is 0 Å². The minimum atomic E-state index is -0.403. The first kappa shape index (κ1) is 14.1. The van der Waals surface area contributed by atoms with Crippen molar-refractivity contribution in [1.29, 1.82) is 5.41 Å². The van der Waals surface area contributed by atoms with E-state index in [1.165, 1.54) is 0 Å². The van der Waals surface area contributed by atoms with Crippen LogP contribution in [0.3, 0.4) is 0 Å². The van der Waals surface area contributed by atoms with Crippen molar-refractivity contribution >= 4 is 40.5 Å². The Morgan fingerprint density at radius 2 is 2.27 bits per heavy atom. The zero-order valence-electron chi connectivity index (χ0n) is 11.4. The van der Waals surface area contributed by atoms with Crippen LogP contribution in [0.15, 0.2) is 33.8 Å². The molecule has 2 heterocycles. The van der Waals surface area contributed by atoms with E-state index in [1.54, 1.807) is 19.3 Å². The van der Waals surface area contributed by atoms with Crippen LogP contribution < -0.4 is 15.4 Å². The number of rotatable bonds is 3. The van der Waals surface area contributed by atoms with Gasteiger partial charge in [0.15, 0.2) is 5.17 Å². The van der Waals surface area contributed by atoms with Gasteiger partial charge in [-0.25, -0.2) is 9.53 Å². The summed E-state index contributed by atoms with van der Waals surface area (Å²) in [6.07, 6.45) is 1.67. The van der Waals surface area contributed by atoms with Gasteiger partial charge in [0.2, 0.25) is 11.6 Å². The summed E-state index contributed by atoms with van der Waals surface area (Å²) in [4.78, 5) is 13.9. The molecular weight excluding hydrogens is 306 g/mol. The Morgan fingerprint density at radius 1 is 1.45 bits per heavy atom. The topological polar surface area (TPSA) is 118 Å². The Hall–Kier alpha value is -2.81. The fourth-order valence-electron chi connectivity index (χ4n) is 1.91. The first-order valence-corrected chi connectivity index (χ1v) is 6.96. The maximum Gasteiger partial charge on any atom is 0.272 e. The molecule has 1 aromatic carbocycles. The van der Waals surface area contributed by atoms with Crippen molar-refractivity contribution in [3.8, 4) is 5.75 Å². The summed E-state index contributed by atoms with van der Waals surface area (Å²) < 4.78 is 9.62. The molecule has 1 aromatic heterocycles. The summed E-state index contributed by atoms with van der Waals surface area (Å²) in [5.41, 5.74) is 6.37. The molecule has 0 radical (unpaired) electrons. The van der Waals surface area contributed by atoms with Crippen molar-refractivity contribution in [2.75, 3.05) is 17.7 Å². The van der Waals surface area contributed by atoms with E-state index >= 15 is 0 Å². The van der Waals surface area contributed by atoms with Gasteiger partial charge in [0.05, 0.1) is 12.0 Å². The van der Waals surface area contributed by atoms with Gasteiger partial charge in [-0.3, -0.25) is 10.2 Å². The van der Waals surface area contributed by atoms with Crippen molar-refractivity contribution in [3.05, 3.63) is 34.7 Å². The number of hydrogen-bond donors (Lipinski definition) is 2. The van der Waals surface area contributed by atoms with Crippen LogP contribution in [0.1, 0.15) is 5.56 Å². The van der Waals surface area contributed by atoms with Crippen LogP contribution in [0.4, 0.5) is 11.6 Å². The number of methoxy groups -OCH3 is 1. The summed E-state index contributed by atoms with van der Waals surface area (Å²) >= 11 is 1.01. The molecule has 0 aliphatic carbocycles. The van der Waals surface area contributed by atoms with Crippen LogP contribution in [-0.4, -0.2) is 28.5 Å². The number of nitrogen functional groups attached to an aromatic ring is 1. The Bertz CT molecular complexity index is 785. The normalized spacial score (nSPS) is 16.6. The lowest BCUT2D eigenvalue weighted by Crippen LogP contribution is -2.29. The third kappa shape index (κ3) is 2.42. The monoisotopic (exact) mass is 317 g/mol. The molecule has 0 saturated carbocycles. The molecule has 2 aromatic rings. The molecule has 3 N–H and O–H groups in total. The molecule has 1 aliphatic heterocycles. The first-order chi connectivity index (χ1) is 10.6. The number of thioether (sulfide) groups is 1. The fraction of sp³-hybridized carbons (Fsp3) is 0.0769. The third-order valence-electron chi connectivity index (χ3n) is 2.92. The highest BCUT2D eigenvalue weighted by molar-refractivity contribution is 8.19. The molecule has 0 atom stereocenters. The van der Waals surface area contributed by atoms with Gasteiger partial charge in [0.1, 0.15) is 5.75 Å². The SMILES string of the molecule is COc1cccc(/C=C2\SC(=N)N(c3nonc3N)C2=O)c1. The second-order valence-electron chi connectivity index (χ2n) is 4.31. The molecule has 1 aliphatic rings. The quantitative estimate of drug-likeness (QED) is 0.827. The van der Waals surface area contributed by atoms with E-state index in [0.717, 1.165) is 22.2 Å². The molecule has 3 rings (SSSR count). The molecule has 0 bridgehead atoms. The summed E-state index contributed by atoms with van der Waals surface area (Å²) in [6, 6.07) is 7.25. The highest BCUT2D eigenvalue weighted by atomic mass is 32.2. The number of ether oxygens (including phenoxy) is 1. The first-order valence-electron chi connectivity index (χ1n) is 6.15. The number of carbonyl (C=O) groups is 1. The minimum Gasteiger partial charge on any atom is -0.497 e. The second-order valence-corrected chi connectivity index (χ2v) is 5.34. The number of carbonyl (C=O) groups excluding carboxylic acids is 1. The van der Waals surface area contributed by atoms with Gasteiger partial charge in [0, 0.05) is 0 Å². The average molecular weight is 317 g/mol. The van der Waals surface area contributed by atoms with E-state index in [-0.39, 0.29) is 16.8 Å². The molecule has 8 nitrogen and oxygen atoms in total. The van der Waals surface area contributed by atoms with Crippen molar-refractivity contribution in [3.63, 3.8) is 0 Å². The average Bonchev–Trinajstić information content (AvgIpc) is 3.03. The molecule has 9 heteroatoms. The van der Waals surface area contributed by atoms with Crippen LogP contribution in [0.5, 0.6) is 5.75 Å². The molecule has 22 heavy (non-hydrogen) atoms. The summed E-state index contributed by atoms with van der Waals surface area (Å²) in [6.45, 7) is 0. The van der Waals surface area contributed by atoms with Gasteiger partial charge in [-0.2, -0.15) is 0 Å². The second kappa shape index (κ2) is 5.53. The van der Waals surface area contributed by atoms with E-state index < -0.39 is 5.91 Å². The number of nitrogens with zero attached hydrogens (tertiary/aromatic N) is 3. The molecule has 1 fully saturated rings. The Kier molecular flexibility index (Phi) is 3.55. The maximum absolute atomic E-state index is 12.4. The van der Waals surface area contributed by atoms with Gasteiger partial charge in [0.25, 0.3) is 5.91 Å². The molecular formula is C13H11N5O3S. The van der Waals surface area contributed by atoms with Crippen LogP contribution in [0.2, 0.25) is 0 Å². The maximum atomic E-state index is 12.4. The lowest BCUT2D eigenvalue weighted by atomic mass is 10.2. The Labute approximate surface area is 129 Å². The molecule has 1 saturated heterocycles. The summed E-state index contributed by atoms with van der Waals surface area (Å²) in [7, 11) is 1.57. The van der Waals surface area contributed by atoms with Gasteiger partial charge in [-0.05, 0) is 45.8 Å². The summed E-state index contributed by atoms with van der Waals surface area (Å²) in [5.74, 6) is 0.264. The molecule has 0 spiro atoms. The van der Waals surface area contributed by atoms with E-state index in [0.29, 0.717) is 10.7 Å². The van der Waals surface area contributed by atoms with Crippen molar-refractivity contribution < 1.29 is 14.2 Å². The smallest absolute Gasteiger partial charge is 0.272 e. The van der Waals surface area contributed by atoms with Crippen molar-refractivity contribution in [2.45, 2.75) is 0 Å². The lowest BCUT2D eigenvalue weighted by Gasteiger charge is -2.09. The standard InChI is InChI=1S/C13H11N5O3S/c1-20-8-4-2-3-7(5-8)6-9-12(19)18(13(15)22-9)11-10(14)16-21-17-11/h2-6,15H,1H3,(H2,14,16)/b9-6-,15-13?. The highest BCUT2D eigenvalue weighted by Crippen LogP contribution is 2.36. The number of benzene rings is 1. The summed E-state index contributed by atoms with van der Waals surface area (Å²) in [5, 5.41) is 14.9. The minimum absolute atomic E-state index is 0.0125. The van der Waals surface area contributed by atoms with E-state index in [1.807, 2.05) is 18.2 Å². The number of amidine groups is 1. The predicted molar refractivity (Wildman–Crippen MR) is 82.5 cm³/mol. The number of nitrogens with one attached hydrogen (secondary N) is 1. The molecule has 0 unspecified atom stereocenters. The number of hydrogen-bond acceptors (Lipinski definition) is 8.